The van der Waals surface area contributed by atoms with E-state index in [-0.39, 0.29) is 17.5 Å². The van der Waals surface area contributed by atoms with Gasteiger partial charge in [0.05, 0.1) is 32.0 Å². The van der Waals surface area contributed by atoms with Gasteiger partial charge in [-0.15, -0.1) is 0 Å². The van der Waals surface area contributed by atoms with Gasteiger partial charge in [0.1, 0.15) is 11.9 Å². The lowest BCUT2D eigenvalue weighted by atomic mass is 9.90. The molecule has 1 aliphatic rings. The predicted octanol–water partition coefficient (Wildman–Crippen LogP) is 7.47. The lowest BCUT2D eigenvalue weighted by Crippen LogP contribution is -2.43. The van der Waals surface area contributed by atoms with E-state index in [1.807, 2.05) is 36.4 Å². The van der Waals surface area contributed by atoms with Crippen molar-refractivity contribution in [2.45, 2.75) is 78.2 Å². The van der Waals surface area contributed by atoms with Crippen LogP contribution in [0.4, 0.5) is 0 Å². The summed E-state index contributed by atoms with van der Waals surface area (Å²) in [6.07, 6.45) is 8.32. The molecule has 1 saturated heterocycles. The zero-order valence-electron chi connectivity index (χ0n) is 22.4. The standard InChI is InChI=1S/C31H44O5/c1-4-10-29(11-5-2)36-30(32)27-14-12-25(13-15-27)26-16-18-28(19-17-26)35-21-9-7-6-8-20-33-22-31(3)23-34-24-31/h12-19,29H,4-11,20-24H2,1-3H3. The Kier molecular flexibility index (Phi) is 11.8. The summed E-state index contributed by atoms with van der Waals surface area (Å²) >= 11 is 0. The molecule has 0 unspecified atom stereocenters. The SMILES string of the molecule is CCCC(CCC)OC(=O)c1ccc(-c2ccc(OCCCCCCOCC3(C)COC3)cc2)cc1. The van der Waals surface area contributed by atoms with E-state index in [0.29, 0.717) is 5.56 Å². The first-order chi connectivity index (χ1) is 17.5. The monoisotopic (exact) mass is 496 g/mol. The van der Waals surface area contributed by atoms with Crippen LogP contribution >= 0.6 is 0 Å². The van der Waals surface area contributed by atoms with E-state index in [1.165, 1.54) is 0 Å². The maximum Gasteiger partial charge on any atom is 0.338 e. The molecule has 0 spiro atoms. The maximum atomic E-state index is 12.5. The van der Waals surface area contributed by atoms with Gasteiger partial charge in [-0.3, -0.25) is 0 Å². The number of rotatable bonds is 17. The number of hydrogen-bond acceptors (Lipinski definition) is 5. The Morgan fingerprint density at radius 3 is 2.00 bits per heavy atom. The van der Waals surface area contributed by atoms with Gasteiger partial charge in [-0.2, -0.15) is 0 Å². The van der Waals surface area contributed by atoms with Crippen molar-refractivity contribution in [3.8, 4) is 16.9 Å². The van der Waals surface area contributed by atoms with Gasteiger partial charge in [-0.05, 0) is 67.5 Å². The van der Waals surface area contributed by atoms with Gasteiger partial charge in [0, 0.05) is 12.0 Å². The molecule has 2 aromatic rings. The summed E-state index contributed by atoms with van der Waals surface area (Å²) in [6, 6.07) is 15.8. The molecule has 3 rings (SSSR count). The van der Waals surface area contributed by atoms with E-state index in [0.717, 1.165) is 101 Å². The van der Waals surface area contributed by atoms with Crippen LogP contribution in [0.2, 0.25) is 0 Å². The Morgan fingerprint density at radius 1 is 0.861 bits per heavy atom. The summed E-state index contributed by atoms with van der Waals surface area (Å²) in [5, 5.41) is 0. The summed E-state index contributed by atoms with van der Waals surface area (Å²) < 4.78 is 22.7. The molecule has 0 bridgehead atoms. The van der Waals surface area contributed by atoms with Crippen LogP contribution in [0.15, 0.2) is 48.5 Å². The number of hydrogen-bond donors (Lipinski definition) is 0. The molecule has 0 aromatic heterocycles. The van der Waals surface area contributed by atoms with Crippen molar-refractivity contribution in [1.29, 1.82) is 0 Å². The van der Waals surface area contributed by atoms with Gasteiger partial charge in [-0.25, -0.2) is 4.79 Å². The first-order valence-corrected chi connectivity index (χ1v) is 13.7. The maximum absolute atomic E-state index is 12.5. The molecular weight excluding hydrogens is 452 g/mol. The van der Waals surface area contributed by atoms with Gasteiger partial charge >= 0.3 is 5.97 Å². The average molecular weight is 497 g/mol. The highest BCUT2D eigenvalue weighted by atomic mass is 16.5. The van der Waals surface area contributed by atoms with Crippen LogP contribution in [-0.4, -0.2) is 45.1 Å². The molecule has 0 aliphatic carbocycles. The van der Waals surface area contributed by atoms with Crippen LogP contribution < -0.4 is 4.74 Å². The number of unbranched alkanes of at least 4 members (excludes halogenated alkanes) is 3. The molecule has 2 aromatic carbocycles. The zero-order valence-corrected chi connectivity index (χ0v) is 22.4. The fourth-order valence-electron chi connectivity index (χ4n) is 4.37. The number of carbonyl (C=O) groups excluding carboxylic acids is 1. The third-order valence-electron chi connectivity index (χ3n) is 6.61. The molecule has 0 N–H and O–H groups in total. The van der Waals surface area contributed by atoms with Crippen LogP contribution in [0.5, 0.6) is 5.75 Å². The average Bonchev–Trinajstić information content (AvgIpc) is 2.87. The molecule has 0 saturated carbocycles. The Morgan fingerprint density at radius 2 is 1.44 bits per heavy atom. The minimum Gasteiger partial charge on any atom is -0.494 e. The van der Waals surface area contributed by atoms with Crippen molar-refractivity contribution in [2.24, 2.45) is 5.41 Å². The van der Waals surface area contributed by atoms with Crippen LogP contribution in [0.1, 0.15) is 82.5 Å². The second-order valence-corrected chi connectivity index (χ2v) is 10.3. The summed E-state index contributed by atoms with van der Waals surface area (Å²) in [4.78, 5) is 12.5. The number of esters is 1. The van der Waals surface area contributed by atoms with E-state index in [9.17, 15) is 4.79 Å². The van der Waals surface area contributed by atoms with Crippen molar-refractivity contribution >= 4 is 5.97 Å². The molecule has 36 heavy (non-hydrogen) atoms. The van der Waals surface area contributed by atoms with E-state index < -0.39 is 0 Å². The molecule has 1 aliphatic heterocycles. The number of carbonyl (C=O) groups is 1. The molecule has 5 heteroatoms. The lowest BCUT2D eigenvalue weighted by molar-refractivity contribution is -0.137. The quantitative estimate of drug-likeness (QED) is 0.168. The van der Waals surface area contributed by atoms with Crippen molar-refractivity contribution in [3.63, 3.8) is 0 Å². The van der Waals surface area contributed by atoms with Gasteiger partial charge in [0.25, 0.3) is 0 Å². The fourth-order valence-corrected chi connectivity index (χ4v) is 4.37. The van der Waals surface area contributed by atoms with Gasteiger partial charge in [-0.1, -0.05) is 64.3 Å². The lowest BCUT2D eigenvalue weighted by Gasteiger charge is -2.37. The second kappa shape index (κ2) is 15.0. The third-order valence-corrected chi connectivity index (χ3v) is 6.61. The molecule has 0 atom stereocenters. The molecule has 1 heterocycles. The Hall–Kier alpha value is -2.37. The van der Waals surface area contributed by atoms with E-state index in [2.05, 4.69) is 32.9 Å². The summed E-state index contributed by atoms with van der Waals surface area (Å²) in [5.74, 6) is 0.652. The minimum atomic E-state index is -0.233. The zero-order chi connectivity index (χ0) is 25.6. The normalized spacial score (nSPS) is 14.4. The van der Waals surface area contributed by atoms with Crippen molar-refractivity contribution in [1.82, 2.24) is 0 Å². The van der Waals surface area contributed by atoms with Crippen molar-refractivity contribution in [3.05, 3.63) is 54.1 Å². The highest BCUT2D eigenvalue weighted by Crippen LogP contribution is 2.27. The highest BCUT2D eigenvalue weighted by molar-refractivity contribution is 5.90. The van der Waals surface area contributed by atoms with E-state index in [1.54, 1.807) is 0 Å². The fraction of sp³-hybridized carbons (Fsp3) is 0.581. The predicted molar refractivity (Wildman–Crippen MR) is 145 cm³/mol. The van der Waals surface area contributed by atoms with Crippen LogP contribution in [0.25, 0.3) is 11.1 Å². The molecule has 198 valence electrons. The Balaban J connectivity index is 1.33. The van der Waals surface area contributed by atoms with Gasteiger partial charge in [0.2, 0.25) is 0 Å². The highest BCUT2D eigenvalue weighted by Gasteiger charge is 2.33. The number of benzene rings is 2. The first kappa shape index (κ1) is 28.2. The smallest absolute Gasteiger partial charge is 0.338 e. The molecule has 5 nitrogen and oxygen atoms in total. The second-order valence-electron chi connectivity index (χ2n) is 10.3. The van der Waals surface area contributed by atoms with Crippen LogP contribution in [0.3, 0.4) is 0 Å². The largest absolute Gasteiger partial charge is 0.494 e. The molecule has 0 amide bonds. The van der Waals surface area contributed by atoms with Gasteiger partial charge < -0.3 is 18.9 Å². The Labute approximate surface area is 217 Å². The molecular formula is C31H44O5. The molecule has 0 radical (unpaired) electrons. The van der Waals surface area contributed by atoms with Crippen molar-refractivity contribution in [2.75, 3.05) is 33.0 Å². The van der Waals surface area contributed by atoms with Crippen LogP contribution in [-0.2, 0) is 14.2 Å². The van der Waals surface area contributed by atoms with Crippen LogP contribution in [0, 0.1) is 5.41 Å². The summed E-state index contributed by atoms with van der Waals surface area (Å²) in [5.41, 5.74) is 3.01. The van der Waals surface area contributed by atoms with Gasteiger partial charge in [0.15, 0.2) is 0 Å². The van der Waals surface area contributed by atoms with E-state index in [4.69, 9.17) is 18.9 Å². The van der Waals surface area contributed by atoms with E-state index >= 15 is 0 Å². The number of ether oxygens (including phenoxy) is 4. The first-order valence-electron chi connectivity index (χ1n) is 13.7. The third kappa shape index (κ3) is 9.25. The summed E-state index contributed by atoms with van der Waals surface area (Å²) in [7, 11) is 0. The molecule has 1 fully saturated rings. The van der Waals surface area contributed by atoms with Crippen molar-refractivity contribution < 1.29 is 23.7 Å². The topological polar surface area (TPSA) is 54.0 Å². The summed E-state index contributed by atoms with van der Waals surface area (Å²) in [6.45, 7) is 10.5. The Bertz CT molecular complexity index is 880. The minimum absolute atomic E-state index is 0.00924.